The normalized spacial score (nSPS) is 10.7. The summed E-state index contributed by atoms with van der Waals surface area (Å²) in [6, 6.07) is 23.6. The van der Waals surface area contributed by atoms with E-state index in [0.29, 0.717) is 5.88 Å². The van der Waals surface area contributed by atoms with Gasteiger partial charge in [-0.25, -0.2) is 9.97 Å². The first-order chi connectivity index (χ1) is 14.2. The molecule has 5 nitrogen and oxygen atoms in total. The lowest BCUT2D eigenvalue weighted by molar-refractivity contribution is -0.118. The number of para-hydroxylation sites is 1. The number of halogens is 1. The number of nitrogens with zero attached hydrogens (tertiary/aromatic N) is 2. The summed E-state index contributed by atoms with van der Waals surface area (Å²) < 4.78 is 6.57. The molecule has 0 unspecified atom stereocenters. The van der Waals surface area contributed by atoms with Crippen LogP contribution in [0, 0.1) is 0 Å². The zero-order valence-corrected chi connectivity index (χ0v) is 17.1. The van der Waals surface area contributed by atoms with Crippen LogP contribution in [0.5, 0.6) is 5.88 Å². The Labute approximate surface area is 176 Å². The number of amides is 1. The molecule has 6 heteroatoms. The van der Waals surface area contributed by atoms with Gasteiger partial charge in [0.25, 0.3) is 5.91 Å². The predicted octanol–water partition coefficient (Wildman–Crippen LogP) is 5.00. The zero-order chi connectivity index (χ0) is 20.1. The summed E-state index contributed by atoms with van der Waals surface area (Å²) in [6.07, 6.45) is 2.17. The van der Waals surface area contributed by atoms with Crippen molar-refractivity contribution in [3.05, 3.63) is 94.7 Å². The van der Waals surface area contributed by atoms with Gasteiger partial charge in [-0.3, -0.25) is 4.79 Å². The highest BCUT2D eigenvalue weighted by Gasteiger charge is 2.11. The molecule has 0 radical (unpaired) electrons. The Morgan fingerprint density at radius 3 is 2.62 bits per heavy atom. The first-order valence-corrected chi connectivity index (χ1v) is 9.93. The van der Waals surface area contributed by atoms with E-state index in [1.165, 1.54) is 11.9 Å². The van der Waals surface area contributed by atoms with Gasteiger partial charge < -0.3 is 10.1 Å². The molecular weight excluding hydrogens is 430 g/mol. The molecule has 3 aromatic carbocycles. The number of anilines is 1. The van der Waals surface area contributed by atoms with Gasteiger partial charge in [0.2, 0.25) is 5.88 Å². The smallest absolute Gasteiger partial charge is 0.262 e. The van der Waals surface area contributed by atoms with Crippen molar-refractivity contribution in [1.82, 2.24) is 9.97 Å². The molecular formula is C23H18BrN3O2. The lowest BCUT2D eigenvalue weighted by Crippen LogP contribution is -2.21. The molecule has 1 heterocycles. The van der Waals surface area contributed by atoms with Crippen LogP contribution in [0.4, 0.5) is 5.69 Å². The summed E-state index contributed by atoms with van der Waals surface area (Å²) in [5.41, 5.74) is 3.76. The van der Waals surface area contributed by atoms with E-state index >= 15 is 0 Å². The SMILES string of the molecule is O=C(COc1ncnc2ccc(Br)cc12)Nc1ccccc1Cc1ccccc1. The second-order valence-corrected chi connectivity index (χ2v) is 7.41. The monoisotopic (exact) mass is 447 g/mol. The Morgan fingerprint density at radius 1 is 0.966 bits per heavy atom. The largest absolute Gasteiger partial charge is 0.467 e. The number of rotatable bonds is 6. The van der Waals surface area contributed by atoms with Gasteiger partial charge in [-0.05, 0) is 41.8 Å². The lowest BCUT2D eigenvalue weighted by atomic mass is 10.0. The van der Waals surface area contributed by atoms with E-state index < -0.39 is 0 Å². The summed E-state index contributed by atoms with van der Waals surface area (Å²) in [5.74, 6) is 0.135. The summed E-state index contributed by atoms with van der Waals surface area (Å²) >= 11 is 3.44. The molecule has 4 rings (SSSR count). The fraction of sp³-hybridized carbons (Fsp3) is 0.0870. The van der Waals surface area contributed by atoms with Crippen LogP contribution in [0.1, 0.15) is 11.1 Å². The van der Waals surface area contributed by atoms with Gasteiger partial charge in [0, 0.05) is 10.2 Å². The van der Waals surface area contributed by atoms with E-state index in [2.05, 4.69) is 43.3 Å². The van der Waals surface area contributed by atoms with Crippen molar-refractivity contribution in [3.8, 4) is 5.88 Å². The molecule has 144 valence electrons. The molecule has 0 spiro atoms. The summed E-state index contributed by atoms with van der Waals surface area (Å²) in [5, 5.41) is 3.69. The number of hydrogen-bond acceptors (Lipinski definition) is 4. The Bertz CT molecular complexity index is 1150. The molecule has 0 saturated heterocycles. The van der Waals surface area contributed by atoms with Crippen LogP contribution in [0.25, 0.3) is 10.9 Å². The minimum Gasteiger partial charge on any atom is -0.467 e. The highest BCUT2D eigenvalue weighted by Crippen LogP contribution is 2.25. The van der Waals surface area contributed by atoms with Crippen molar-refractivity contribution < 1.29 is 9.53 Å². The van der Waals surface area contributed by atoms with E-state index in [0.717, 1.165) is 33.0 Å². The molecule has 0 aliphatic rings. The number of aromatic nitrogens is 2. The van der Waals surface area contributed by atoms with Crippen LogP contribution in [-0.2, 0) is 11.2 Å². The number of ether oxygens (including phenoxy) is 1. The second-order valence-electron chi connectivity index (χ2n) is 6.50. The highest BCUT2D eigenvalue weighted by molar-refractivity contribution is 9.10. The summed E-state index contributed by atoms with van der Waals surface area (Å²) in [6.45, 7) is -0.141. The standard InChI is InChI=1S/C23H18BrN3O2/c24-18-10-11-21-19(13-18)23(26-15-25-21)29-14-22(28)27-20-9-5-4-8-17(20)12-16-6-2-1-3-7-16/h1-11,13,15H,12,14H2,(H,27,28). The van der Waals surface area contributed by atoms with Crippen LogP contribution in [0.2, 0.25) is 0 Å². The molecule has 0 aliphatic carbocycles. The minimum atomic E-state index is -0.243. The Hall–Kier alpha value is -3.25. The maximum atomic E-state index is 12.5. The first-order valence-electron chi connectivity index (χ1n) is 9.14. The topological polar surface area (TPSA) is 64.1 Å². The van der Waals surface area contributed by atoms with E-state index in [1.807, 2.05) is 60.7 Å². The number of fused-ring (bicyclic) bond motifs is 1. The quantitative estimate of drug-likeness (QED) is 0.451. The van der Waals surface area contributed by atoms with Crippen LogP contribution in [0.3, 0.4) is 0 Å². The number of hydrogen-bond donors (Lipinski definition) is 1. The van der Waals surface area contributed by atoms with Crippen molar-refractivity contribution >= 4 is 38.4 Å². The molecule has 0 bridgehead atoms. The third kappa shape index (κ3) is 4.78. The van der Waals surface area contributed by atoms with E-state index in [-0.39, 0.29) is 12.5 Å². The van der Waals surface area contributed by atoms with Gasteiger partial charge in [-0.15, -0.1) is 0 Å². The van der Waals surface area contributed by atoms with Gasteiger partial charge in [0.15, 0.2) is 6.61 Å². The Morgan fingerprint density at radius 2 is 1.76 bits per heavy atom. The molecule has 29 heavy (non-hydrogen) atoms. The first kappa shape index (κ1) is 19.1. The predicted molar refractivity (Wildman–Crippen MR) is 117 cm³/mol. The van der Waals surface area contributed by atoms with Crippen molar-refractivity contribution in [2.24, 2.45) is 0 Å². The molecule has 4 aromatic rings. The molecule has 0 saturated carbocycles. The molecule has 0 aliphatic heterocycles. The molecule has 0 atom stereocenters. The van der Waals surface area contributed by atoms with Gasteiger partial charge >= 0.3 is 0 Å². The van der Waals surface area contributed by atoms with Crippen LogP contribution >= 0.6 is 15.9 Å². The van der Waals surface area contributed by atoms with Crippen molar-refractivity contribution in [2.75, 3.05) is 11.9 Å². The molecule has 1 N–H and O–H groups in total. The van der Waals surface area contributed by atoms with Crippen molar-refractivity contribution in [2.45, 2.75) is 6.42 Å². The summed E-state index contributed by atoms with van der Waals surface area (Å²) in [7, 11) is 0. The fourth-order valence-electron chi connectivity index (χ4n) is 3.05. The third-order valence-electron chi connectivity index (χ3n) is 4.43. The second kappa shape index (κ2) is 8.84. The average Bonchev–Trinajstić information content (AvgIpc) is 2.74. The van der Waals surface area contributed by atoms with Crippen molar-refractivity contribution in [3.63, 3.8) is 0 Å². The molecule has 1 amide bonds. The Balaban J connectivity index is 1.45. The van der Waals surface area contributed by atoms with E-state index in [4.69, 9.17) is 4.74 Å². The lowest BCUT2D eigenvalue weighted by Gasteiger charge is -2.12. The van der Waals surface area contributed by atoms with Gasteiger partial charge in [0.1, 0.15) is 6.33 Å². The maximum absolute atomic E-state index is 12.5. The minimum absolute atomic E-state index is 0.141. The van der Waals surface area contributed by atoms with Crippen LogP contribution in [-0.4, -0.2) is 22.5 Å². The van der Waals surface area contributed by atoms with Crippen LogP contribution < -0.4 is 10.1 Å². The number of nitrogens with one attached hydrogen (secondary N) is 1. The van der Waals surface area contributed by atoms with E-state index in [1.54, 1.807) is 0 Å². The molecule has 0 fully saturated rings. The van der Waals surface area contributed by atoms with Crippen LogP contribution in [0.15, 0.2) is 83.6 Å². The Kier molecular flexibility index (Phi) is 5.81. The van der Waals surface area contributed by atoms with E-state index in [9.17, 15) is 4.79 Å². The maximum Gasteiger partial charge on any atom is 0.262 e. The highest BCUT2D eigenvalue weighted by atomic mass is 79.9. The third-order valence-corrected chi connectivity index (χ3v) is 4.92. The van der Waals surface area contributed by atoms with Gasteiger partial charge in [-0.2, -0.15) is 0 Å². The number of carbonyl (C=O) groups excluding carboxylic acids is 1. The fourth-order valence-corrected chi connectivity index (χ4v) is 3.41. The molecule has 1 aromatic heterocycles. The number of carbonyl (C=O) groups is 1. The summed E-state index contributed by atoms with van der Waals surface area (Å²) in [4.78, 5) is 20.9. The number of benzene rings is 3. The average molecular weight is 448 g/mol. The zero-order valence-electron chi connectivity index (χ0n) is 15.5. The van der Waals surface area contributed by atoms with Gasteiger partial charge in [0.05, 0.1) is 10.9 Å². The van der Waals surface area contributed by atoms with Crippen molar-refractivity contribution in [1.29, 1.82) is 0 Å². The van der Waals surface area contributed by atoms with Gasteiger partial charge in [-0.1, -0.05) is 64.5 Å².